The highest BCUT2D eigenvalue weighted by molar-refractivity contribution is 5.93. The van der Waals surface area contributed by atoms with Crippen LogP contribution in [0.2, 0.25) is 0 Å². The average Bonchev–Trinajstić information content (AvgIpc) is 3.61. The van der Waals surface area contributed by atoms with Crippen LogP contribution < -0.4 is 14.4 Å². The minimum absolute atomic E-state index is 0.371. The Labute approximate surface area is 292 Å². The molecular formula is C30H29F9N6O8. The van der Waals surface area contributed by atoms with Crippen molar-refractivity contribution in [1.82, 2.24) is 25.1 Å². The van der Waals surface area contributed by atoms with Crippen molar-refractivity contribution in [3.05, 3.63) is 60.7 Å². The van der Waals surface area contributed by atoms with Gasteiger partial charge in [-0.05, 0) is 43.9 Å². The van der Waals surface area contributed by atoms with Crippen LogP contribution in [0.3, 0.4) is 0 Å². The van der Waals surface area contributed by atoms with Gasteiger partial charge in [0.2, 0.25) is 0 Å². The Hall–Kier alpha value is -5.87. The average molecular weight is 773 g/mol. The molecule has 1 aliphatic heterocycles. The monoisotopic (exact) mass is 772 g/mol. The predicted molar refractivity (Wildman–Crippen MR) is 165 cm³/mol. The van der Waals surface area contributed by atoms with Gasteiger partial charge in [-0.3, -0.25) is 5.10 Å². The zero-order valence-electron chi connectivity index (χ0n) is 27.4. The first-order valence-corrected chi connectivity index (χ1v) is 14.4. The SMILES string of the molecule is CN(C)CCN(C)c1nc(C2COc3ccccc3O2)nc2ccc(-c3cn[nH]c3)cc12.O=C(O)C(F)(F)F.O=C(O)C(F)(F)F.O=C(O)C(F)(F)F. The molecule has 53 heavy (non-hydrogen) atoms. The van der Waals surface area contributed by atoms with Crippen molar-refractivity contribution < 1.29 is 78.7 Å². The van der Waals surface area contributed by atoms with Gasteiger partial charge in [0.05, 0.1) is 11.7 Å². The highest BCUT2D eigenvalue weighted by atomic mass is 19.4. The molecule has 290 valence electrons. The number of carboxylic acids is 3. The first-order chi connectivity index (χ1) is 24.4. The lowest BCUT2D eigenvalue weighted by Crippen LogP contribution is -2.30. The van der Waals surface area contributed by atoms with Gasteiger partial charge in [-0.25, -0.2) is 24.4 Å². The third-order valence-electron chi connectivity index (χ3n) is 6.29. The molecule has 2 aromatic carbocycles. The van der Waals surface area contributed by atoms with E-state index in [2.05, 4.69) is 53.3 Å². The molecule has 1 unspecified atom stereocenters. The number of carbonyl (C=O) groups is 3. The number of benzene rings is 2. The Morgan fingerprint density at radius 1 is 0.792 bits per heavy atom. The number of rotatable bonds is 6. The molecule has 5 rings (SSSR count). The standard InChI is InChI=1S/C24H26N6O2.3C2HF3O2/c1-29(2)10-11-30(3)24-18-12-16(17-13-25-26-14-17)8-9-19(18)27-23(28-24)22-15-31-20-6-4-5-7-21(20)32-22;3*3-2(4,5)1(6)7/h4-9,12-14,22H,10-11,15H2,1-3H3,(H,25,26);3*(H,6,7). The number of hydrogen-bond acceptors (Lipinski definition) is 10. The minimum atomic E-state index is -5.08. The number of H-pyrrole nitrogens is 1. The van der Waals surface area contributed by atoms with Gasteiger partial charge in [0.1, 0.15) is 12.4 Å². The third kappa shape index (κ3) is 13.6. The molecule has 0 saturated heterocycles. The Morgan fingerprint density at radius 2 is 1.32 bits per heavy atom. The first-order valence-electron chi connectivity index (χ1n) is 14.4. The van der Waals surface area contributed by atoms with E-state index in [1.165, 1.54) is 0 Å². The maximum Gasteiger partial charge on any atom is 0.490 e. The predicted octanol–water partition coefficient (Wildman–Crippen LogP) is 5.43. The van der Waals surface area contributed by atoms with Crippen molar-refractivity contribution in [2.45, 2.75) is 24.6 Å². The van der Waals surface area contributed by atoms with Crippen LogP contribution in [-0.2, 0) is 14.4 Å². The highest BCUT2D eigenvalue weighted by Crippen LogP contribution is 2.37. The maximum atomic E-state index is 10.6. The van der Waals surface area contributed by atoms with Crippen LogP contribution in [0.4, 0.5) is 45.3 Å². The van der Waals surface area contributed by atoms with Crippen LogP contribution in [0.15, 0.2) is 54.9 Å². The number of para-hydroxylation sites is 2. The molecule has 1 atom stereocenters. The van der Waals surface area contributed by atoms with Gasteiger partial charge < -0.3 is 34.6 Å². The van der Waals surface area contributed by atoms with Gasteiger partial charge in [-0.2, -0.15) is 44.6 Å². The molecule has 23 heteroatoms. The summed E-state index contributed by atoms with van der Waals surface area (Å²) < 4.78 is 107. The number of fused-ring (bicyclic) bond motifs is 2. The molecule has 0 amide bonds. The van der Waals surface area contributed by atoms with Crippen molar-refractivity contribution in [2.24, 2.45) is 0 Å². The van der Waals surface area contributed by atoms with Gasteiger partial charge in [0.15, 0.2) is 23.4 Å². The van der Waals surface area contributed by atoms with Gasteiger partial charge in [0, 0.05) is 37.3 Å². The summed E-state index contributed by atoms with van der Waals surface area (Å²) in [7, 11) is 6.20. The minimum Gasteiger partial charge on any atom is -0.485 e. The van der Waals surface area contributed by atoms with E-state index in [1.807, 2.05) is 42.7 Å². The lowest BCUT2D eigenvalue weighted by molar-refractivity contribution is -0.193. The molecule has 0 bridgehead atoms. The van der Waals surface area contributed by atoms with Crippen LogP contribution >= 0.6 is 0 Å². The number of alkyl halides is 9. The smallest absolute Gasteiger partial charge is 0.485 e. The van der Waals surface area contributed by atoms with Crippen molar-refractivity contribution >= 4 is 34.6 Å². The summed E-state index contributed by atoms with van der Waals surface area (Å²) in [6.07, 6.45) is -11.9. The molecule has 4 N–H and O–H groups in total. The second kappa shape index (κ2) is 18.1. The molecule has 0 radical (unpaired) electrons. The molecule has 0 fully saturated rings. The second-order valence-electron chi connectivity index (χ2n) is 10.6. The number of halogens is 9. The molecule has 2 aromatic heterocycles. The molecule has 14 nitrogen and oxygen atoms in total. The Bertz CT molecular complexity index is 1780. The van der Waals surface area contributed by atoms with Crippen molar-refractivity contribution in [3.8, 4) is 22.6 Å². The van der Waals surface area contributed by atoms with Gasteiger partial charge in [0.25, 0.3) is 0 Å². The summed E-state index contributed by atoms with van der Waals surface area (Å²) in [6.45, 7) is 2.12. The van der Waals surface area contributed by atoms with Crippen LogP contribution in [0.1, 0.15) is 11.9 Å². The van der Waals surface area contributed by atoms with E-state index < -0.39 is 36.4 Å². The summed E-state index contributed by atoms with van der Waals surface area (Å²) in [5, 5.41) is 29.3. The van der Waals surface area contributed by atoms with E-state index in [4.69, 9.17) is 49.1 Å². The fourth-order valence-corrected chi connectivity index (χ4v) is 3.76. The molecule has 0 saturated carbocycles. The van der Waals surface area contributed by atoms with E-state index in [0.717, 1.165) is 46.7 Å². The summed E-state index contributed by atoms with van der Waals surface area (Å²) in [6, 6.07) is 13.9. The van der Waals surface area contributed by atoms with Gasteiger partial charge in [-0.1, -0.05) is 18.2 Å². The van der Waals surface area contributed by atoms with E-state index in [0.29, 0.717) is 18.2 Å². The van der Waals surface area contributed by atoms with Crippen molar-refractivity contribution in [3.63, 3.8) is 0 Å². The van der Waals surface area contributed by atoms with Crippen molar-refractivity contribution in [1.29, 1.82) is 0 Å². The fraction of sp³-hybridized carbons (Fsp3) is 0.333. The van der Waals surface area contributed by atoms with E-state index in [1.54, 1.807) is 0 Å². The van der Waals surface area contributed by atoms with Crippen LogP contribution in [0.5, 0.6) is 11.5 Å². The third-order valence-corrected chi connectivity index (χ3v) is 6.29. The number of anilines is 1. The van der Waals surface area contributed by atoms with Crippen molar-refractivity contribution in [2.75, 3.05) is 45.7 Å². The Balaban J connectivity index is 0.000000379. The number of aromatic nitrogens is 4. The highest BCUT2D eigenvalue weighted by Gasteiger charge is 2.39. The molecular weight excluding hydrogens is 743 g/mol. The quantitative estimate of drug-likeness (QED) is 0.182. The van der Waals surface area contributed by atoms with E-state index in [-0.39, 0.29) is 6.10 Å². The zero-order chi connectivity index (χ0) is 40.3. The first kappa shape index (κ1) is 43.3. The molecule has 3 heterocycles. The van der Waals surface area contributed by atoms with Crippen LogP contribution in [-0.4, -0.2) is 118 Å². The molecule has 4 aromatic rings. The molecule has 0 spiro atoms. The number of nitrogens with zero attached hydrogens (tertiary/aromatic N) is 5. The summed E-state index contributed by atoms with van der Waals surface area (Å²) in [5.74, 6) is -5.31. The van der Waals surface area contributed by atoms with E-state index >= 15 is 0 Å². The number of likely N-dealkylation sites (N-methyl/N-ethyl adjacent to an activating group) is 2. The Kier molecular flexibility index (Phi) is 14.8. The molecule has 1 aliphatic rings. The summed E-state index contributed by atoms with van der Waals surface area (Å²) in [4.78, 5) is 40.8. The largest absolute Gasteiger partial charge is 0.490 e. The number of nitrogens with one attached hydrogen (secondary N) is 1. The van der Waals surface area contributed by atoms with Crippen LogP contribution in [0.25, 0.3) is 22.0 Å². The maximum absolute atomic E-state index is 10.6. The number of ether oxygens (including phenoxy) is 2. The lowest BCUT2D eigenvalue weighted by atomic mass is 10.1. The normalized spacial score (nSPS) is 13.7. The summed E-state index contributed by atoms with van der Waals surface area (Å²) >= 11 is 0. The van der Waals surface area contributed by atoms with Crippen LogP contribution in [0, 0.1) is 0 Å². The van der Waals surface area contributed by atoms with Gasteiger partial charge in [-0.15, -0.1) is 0 Å². The topological polar surface area (TPSA) is 191 Å². The Morgan fingerprint density at radius 3 is 1.79 bits per heavy atom. The van der Waals surface area contributed by atoms with E-state index in [9.17, 15) is 39.5 Å². The zero-order valence-corrected chi connectivity index (χ0v) is 27.4. The molecule has 0 aliphatic carbocycles. The number of hydrogen-bond donors (Lipinski definition) is 4. The number of carboxylic acid groups (broad SMARTS) is 3. The summed E-state index contributed by atoms with van der Waals surface area (Å²) in [5.41, 5.74) is 2.96. The lowest BCUT2D eigenvalue weighted by Gasteiger charge is -2.27. The number of aliphatic carboxylic acids is 3. The van der Waals surface area contributed by atoms with Gasteiger partial charge >= 0.3 is 36.4 Å². The fourth-order valence-electron chi connectivity index (χ4n) is 3.76. The second-order valence-corrected chi connectivity index (χ2v) is 10.6. The number of aromatic amines is 1.